The van der Waals surface area contributed by atoms with Gasteiger partial charge in [0, 0.05) is 24.7 Å². The molecular weight excluding hydrogens is 320 g/mol. The molecule has 0 amide bonds. The summed E-state index contributed by atoms with van der Waals surface area (Å²) in [4.78, 5) is 0.264. The highest BCUT2D eigenvalue weighted by Gasteiger charge is 2.17. The van der Waals surface area contributed by atoms with Crippen LogP contribution in [-0.4, -0.2) is 8.42 Å². The van der Waals surface area contributed by atoms with E-state index in [1.54, 1.807) is 19.1 Å². The van der Waals surface area contributed by atoms with Gasteiger partial charge in [-0.25, -0.2) is 13.1 Å². The van der Waals surface area contributed by atoms with Gasteiger partial charge in [0.1, 0.15) is 0 Å². The summed E-state index contributed by atoms with van der Waals surface area (Å²) in [6, 6.07) is 10.8. The van der Waals surface area contributed by atoms with Gasteiger partial charge in [0.05, 0.1) is 4.90 Å². The minimum Gasteiger partial charge on any atom is -0.309 e. The number of hydrogen-bond acceptors (Lipinski definition) is 3. The van der Waals surface area contributed by atoms with E-state index in [0.717, 1.165) is 18.7 Å². The van der Waals surface area contributed by atoms with Crippen LogP contribution in [0.5, 0.6) is 0 Å². The lowest BCUT2D eigenvalue weighted by molar-refractivity contribution is 0.580. The van der Waals surface area contributed by atoms with Crippen molar-refractivity contribution in [3.8, 4) is 0 Å². The maximum Gasteiger partial charge on any atom is 0.241 e. The van der Waals surface area contributed by atoms with Crippen LogP contribution in [0, 0.1) is 6.92 Å². The minimum atomic E-state index is -3.54. The first-order valence-corrected chi connectivity index (χ1v) is 8.89. The molecule has 6 heteroatoms. The summed E-state index contributed by atoms with van der Waals surface area (Å²) in [6.07, 6.45) is 0. The van der Waals surface area contributed by atoms with Crippen molar-refractivity contribution in [3.63, 3.8) is 0 Å². The molecule has 2 N–H and O–H groups in total. The molecule has 0 saturated heterocycles. The smallest absolute Gasteiger partial charge is 0.241 e. The molecule has 0 fully saturated rings. The van der Waals surface area contributed by atoms with Crippen LogP contribution in [0.3, 0.4) is 0 Å². The second-order valence-corrected chi connectivity index (χ2v) is 7.61. The number of hydrogen-bond donors (Lipinski definition) is 2. The third kappa shape index (κ3) is 3.17. The van der Waals surface area contributed by atoms with Crippen LogP contribution in [0.15, 0.2) is 41.3 Å². The van der Waals surface area contributed by atoms with Crippen molar-refractivity contribution < 1.29 is 8.42 Å². The lowest BCUT2D eigenvalue weighted by Crippen LogP contribution is -2.24. The average molecular weight is 337 g/mol. The number of nitrogens with one attached hydrogen (secondary N) is 2. The fraction of sp³-hybridized carbons (Fsp3) is 0.250. The molecular formula is C16H17ClN2O2S. The summed E-state index contributed by atoms with van der Waals surface area (Å²) in [6.45, 7) is 3.73. The van der Waals surface area contributed by atoms with Crippen molar-refractivity contribution in [2.24, 2.45) is 0 Å². The third-order valence-electron chi connectivity index (χ3n) is 3.79. The highest BCUT2D eigenvalue weighted by molar-refractivity contribution is 7.89. The number of rotatable bonds is 4. The normalized spacial score (nSPS) is 14.1. The van der Waals surface area contributed by atoms with Gasteiger partial charge in [0.15, 0.2) is 0 Å². The molecule has 3 rings (SSSR count). The van der Waals surface area contributed by atoms with Crippen molar-refractivity contribution in [2.45, 2.75) is 31.5 Å². The van der Waals surface area contributed by atoms with Crippen molar-refractivity contribution in [1.82, 2.24) is 10.0 Å². The summed E-state index contributed by atoms with van der Waals surface area (Å²) in [5.41, 5.74) is 4.11. The zero-order chi connectivity index (χ0) is 15.7. The second-order valence-electron chi connectivity index (χ2n) is 5.44. The second kappa shape index (κ2) is 6.01. The monoisotopic (exact) mass is 336 g/mol. The Morgan fingerprint density at radius 2 is 1.91 bits per heavy atom. The Balaban J connectivity index is 1.77. The van der Waals surface area contributed by atoms with Gasteiger partial charge >= 0.3 is 0 Å². The Morgan fingerprint density at radius 3 is 2.68 bits per heavy atom. The molecule has 0 spiro atoms. The number of benzene rings is 2. The maximum absolute atomic E-state index is 12.4. The number of fused-ring (bicyclic) bond motifs is 1. The van der Waals surface area contributed by atoms with Crippen molar-refractivity contribution in [3.05, 3.63) is 63.7 Å². The predicted octanol–water partition coefficient (Wildman–Crippen LogP) is 2.73. The molecule has 1 heterocycles. The quantitative estimate of drug-likeness (QED) is 0.902. The van der Waals surface area contributed by atoms with E-state index in [9.17, 15) is 8.42 Å². The molecule has 2 aromatic rings. The Labute approximate surface area is 135 Å². The maximum atomic E-state index is 12.4. The van der Waals surface area contributed by atoms with Crippen LogP contribution in [0.4, 0.5) is 0 Å². The predicted molar refractivity (Wildman–Crippen MR) is 87.2 cm³/mol. The lowest BCUT2D eigenvalue weighted by atomic mass is 10.1. The van der Waals surface area contributed by atoms with Gasteiger partial charge in [-0.2, -0.15) is 0 Å². The van der Waals surface area contributed by atoms with Gasteiger partial charge < -0.3 is 5.32 Å². The fourth-order valence-corrected chi connectivity index (χ4v) is 4.10. The van der Waals surface area contributed by atoms with E-state index in [-0.39, 0.29) is 11.4 Å². The summed E-state index contributed by atoms with van der Waals surface area (Å²) in [7, 11) is -3.54. The first-order chi connectivity index (χ1) is 10.5. The van der Waals surface area contributed by atoms with Gasteiger partial charge in [-0.05, 0) is 47.4 Å². The minimum absolute atomic E-state index is 0.264. The summed E-state index contributed by atoms with van der Waals surface area (Å²) in [5, 5.41) is 3.80. The van der Waals surface area contributed by atoms with Crippen LogP contribution in [0.25, 0.3) is 0 Å². The standard InChI is InChI=1S/C16H17ClN2O2S/c1-11-6-15(17)4-5-16(11)22(20,21)19-8-12-2-3-13-9-18-10-14(13)7-12/h2-7,18-19H,8-10H2,1H3. The highest BCUT2D eigenvalue weighted by Crippen LogP contribution is 2.21. The highest BCUT2D eigenvalue weighted by atomic mass is 35.5. The molecule has 0 saturated carbocycles. The van der Waals surface area contributed by atoms with E-state index in [4.69, 9.17) is 11.6 Å². The molecule has 1 aliphatic rings. The number of halogens is 1. The Bertz CT molecular complexity index is 819. The van der Waals surface area contributed by atoms with Gasteiger partial charge in [0.25, 0.3) is 0 Å². The van der Waals surface area contributed by atoms with Gasteiger partial charge in [-0.3, -0.25) is 0 Å². The number of sulfonamides is 1. The molecule has 0 aromatic heterocycles. The first-order valence-electron chi connectivity index (χ1n) is 7.03. The third-order valence-corrected chi connectivity index (χ3v) is 5.59. The zero-order valence-corrected chi connectivity index (χ0v) is 13.8. The lowest BCUT2D eigenvalue weighted by Gasteiger charge is -2.10. The molecule has 22 heavy (non-hydrogen) atoms. The van der Waals surface area contributed by atoms with E-state index < -0.39 is 10.0 Å². The van der Waals surface area contributed by atoms with Crippen LogP contribution >= 0.6 is 11.6 Å². The van der Waals surface area contributed by atoms with E-state index in [0.29, 0.717) is 10.6 Å². The van der Waals surface area contributed by atoms with E-state index in [1.807, 2.05) is 18.2 Å². The van der Waals surface area contributed by atoms with Gasteiger partial charge in [-0.1, -0.05) is 29.8 Å². The van der Waals surface area contributed by atoms with Crippen LogP contribution in [0.1, 0.15) is 22.3 Å². The molecule has 116 valence electrons. The summed E-state index contributed by atoms with van der Waals surface area (Å²) in [5.74, 6) is 0. The topological polar surface area (TPSA) is 58.2 Å². The molecule has 0 radical (unpaired) electrons. The van der Waals surface area contributed by atoms with Crippen LogP contribution < -0.4 is 10.0 Å². The SMILES string of the molecule is Cc1cc(Cl)ccc1S(=O)(=O)NCc1ccc2c(c1)CNC2. The molecule has 4 nitrogen and oxygen atoms in total. The molecule has 0 atom stereocenters. The number of aryl methyl sites for hydroxylation is 1. The van der Waals surface area contributed by atoms with E-state index in [2.05, 4.69) is 10.0 Å². The summed E-state index contributed by atoms with van der Waals surface area (Å²) < 4.78 is 27.5. The largest absolute Gasteiger partial charge is 0.309 e. The Hall–Kier alpha value is -1.40. The van der Waals surface area contributed by atoms with Gasteiger partial charge in [0.2, 0.25) is 10.0 Å². The van der Waals surface area contributed by atoms with Gasteiger partial charge in [-0.15, -0.1) is 0 Å². The first kappa shape index (κ1) is 15.5. The molecule has 0 aliphatic carbocycles. The fourth-order valence-electron chi connectivity index (χ4n) is 2.63. The Morgan fingerprint density at radius 1 is 1.14 bits per heavy atom. The van der Waals surface area contributed by atoms with Crippen molar-refractivity contribution in [1.29, 1.82) is 0 Å². The molecule has 2 aromatic carbocycles. The van der Waals surface area contributed by atoms with E-state index >= 15 is 0 Å². The van der Waals surface area contributed by atoms with Crippen molar-refractivity contribution in [2.75, 3.05) is 0 Å². The van der Waals surface area contributed by atoms with Crippen LogP contribution in [-0.2, 0) is 29.7 Å². The molecule has 1 aliphatic heterocycles. The van der Waals surface area contributed by atoms with Crippen LogP contribution in [0.2, 0.25) is 5.02 Å². The Kier molecular flexibility index (Phi) is 4.23. The summed E-state index contributed by atoms with van der Waals surface area (Å²) >= 11 is 5.87. The van der Waals surface area contributed by atoms with Crippen molar-refractivity contribution >= 4 is 21.6 Å². The molecule has 0 unspecified atom stereocenters. The zero-order valence-electron chi connectivity index (χ0n) is 12.2. The van der Waals surface area contributed by atoms with E-state index in [1.165, 1.54) is 17.2 Å². The average Bonchev–Trinajstić information content (AvgIpc) is 2.92. The molecule has 0 bridgehead atoms.